The lowest BCUT2D eigenvalue weighted by molar-refractivity contribution is -0.121. The Labute approximate surface area is 183 Å². The minimum Gasteiger partial charge on any atom is -0.0651 e. The fourth-order valence-corrected chi connectivity index (χ4v) is 9.74. The molecule has 0 spiro atoms. The molecule has 0 aliphatic heterocycles. The van der Waals surface area contributed by atoms with Gasteiger partial charge in [0.05, 0.1) is 0 Å². The van der Waals surface area contributed by atoms with Gasteiger partial charge in [-0.1, -0.05) is 67.2 Å². The molecule has 4 aliphatic rings. The SMILES string of the molecule is CCC1CC[C@@]2(C)C(CC[C@H]3[C@@H]4CC[C@H]([C@H](C)CCCC(C)C)[C@@]4(C)CC[C@@H]32)C1. The van der Waals surface area contributed by atoms with E-state index in [1.165, 1.54) is 32.1 Å². The Morgan fingerprint density at radius 1 is 0.793 bits per heavy atom. The highest BCUT2D eigenvalue weighted by atomic mass is 14.6. The van der Waals surface area contributed by atoms with Crippen molar-refractivity contribution in [3.8, 4) is 0 Å². The topological polar surface area (TPSA) is 0 Å². The minimum atomic E-state index is 0.669. The van der Waals surface area contributed by atoms with Crippen molar-refractivity contribution >= 4 is 0 Å². The molecule has 0 aromatic rings. The van der Waals surface area contributed by atoms with Crippen LogP contribution in [0.4, 0.5) is 0 Å². The summed E-state index contributed by atoms with van der Waals surface area (Å²) in [7, 11) is 0. The molecule has 29 heavy (non-hydrogen) atoms. The third kappa shape index (κ3) is 3.86. The van der Waals surface area contributed by atoms with Gasteiger partial charge in [-0.25, -0.2) is 0 Å². The quantitative estimate of drug-likeness (QED) is 0.417. The zero-order valence-electron chi connectivity index (χ0n) is 20.8. The van der Waals surface area contributed by atoms with Crippen molar-refractivity contribution < 1.29 is 0 Å². The molecular weight excluding hydrogens is 348 g/mol. The largest absolute Gasteiger partial charge is 0.0651 e. The molecule has 0 N–H and O–H groups in total. The van der Waals surface area contributed by atoms with Crippen molar-refractivity contribution in [2.75, 3.05) is 0 Å². The van der Waals surface area contributed by atoms with Crippen LogP contribution in [-0.4, -0.2) is 0 Å². The van der Waals surface area contributed by atoms with Crippen molar-refractivity contribution in [1.29, 1.82) is 0 Å². The fraction of sp³-hybridized carbons (Fsp3) is 1.00. The molecule has 4 rings (SSSR count). The van der Waals surface area contributed by atoms with Gasteiger partial charge in [-0.3, -0.25) is 0 Å². The van der Waals surface area contributed by atoms with Crippen molar-refractivity contribution in [3.05, 3.63) is 0 Å². The first kappa shape index (κ1) is 22.2. The van der Waals surface area contributed by atoms with Crippen LogP contribution < -0.4 is 0 Å². The highest BCUT2D eigenvalue weighted by Crippen LogP contribution is 2.68. The van der Waals surface area contributed by atoms with Gasteiger partial charge in [0.25, 0.3) is 0 Å². The second-order valence-corrected chi connectivity index (χ2v) is 13.2. The van der Waals surface area contributed by atoms with Crippen molar-refractivity contribution in [2.45, 2.75) is 125 Å². The van der Waals surface area contributed by atoms with E-state index in [0.717, 1.165) is 47.3 Å². The van der Waals surface area contributed by atoms with Gasteiger partial charge in [-0.05, 0) is 116 Å². The third-order valence-corrected chi connectivity index (χ3v) is 11.6. The van der Waals surface area contributed by atoms with Gasteiger partial charge >= 0.3 is 0 Å². The molecule has 4 fully saturated rings. The van der Waals surface area contributed by atoms with Crippen LogP contribution in [-0.2, 0) is 0 Å². The van der Waals surface area contributed by atoms with Crippen LogP contribution in [0.25, 0.3) is 0 Å². The maximum absolute atomic E-state index is 2.76. The van der Waals surface area contributed by atoms with Crippen LogP contribution in [0.1, 0.15) is 125 Å². The van der Waals surface area contributed by atoms with Crippen molar-refractivity contribution in [1.82, 2.24) is 0 Å². The van der Waals surface area contributed by atoms with E-state index in [1.807, 2.05) is 0 Å². The summed E-state index contributed by atoms with van der Waals surface area (Å²) in [6, 6.07) is 0. The lowest BCUT2D eigenvalue weighted by Crippen LogP contribution is -2.53. The first-order valence-corrected chi connectivity index (χ1v) is 13.8. The first-order valence-electron chi connectivity index (χ1n) is 13.8. The van der Waals surface area contributed by atoms with E-state index in [1.54, 1.807) is 51.4 Å². The monoisotopic (exact) mass is 400 g/mol. The number of fused-ring (bicyclic) bond motifs is 5. The summed E-state index contributed by atoms with van der Waals surface area (Å²) in [6.45, 7) is 15.4. The molecule has 4 aliphatic carbocycles. The number of hydrogen-bond acceptors (Lipinski definition) is 0. The van der Waals surface area contributed by atoms with E-state index < -0.39 is 0 Å². The summed E-state index contributed by atoms with van der Waals surface area (Å²) in [5.41, 5.74) is 1.36. The molecule has 0 radical (unpaired) electrons. The van der Waals surface area contributed by atoms with Crippen LogP contribution in [0.5, 0.6) is 0 Å². The van der Waals surface area contributed by atoms with Gasteiger partial charge in [0.15, 0.2) is 0 Å². The Morgan fingerprint density at radius 3 is 2.24 bits per heavy atom. The molecule has 0 aromatic carbocycles. The first-order chi connectivity index (χ1) is 13.8. The predicted molar refractivity (Wildman–Crippen MR) is 127 cm³/mol. The lowest BCUT2D eigenvalue weighted by Gasteiger charge is -2.61. The van der Waals surface area contributed by atoms with Crippen LogP contribution in [0, 0.1) is 58.2 Å². The maximum atomic E-state index is 2.76. The molecular formula is C29H52. The summed E-state index contributed by atoms with van der Waals surface area (Å²) < 4.78 is 0. The number of rotatable bonds is 6. The highest BCUT2D eigenvalue weighted by molar-refractivity contribution is 5.09. The number of hydrogen-bond donors (Lipinski definition) is 0. The Balaban J connectivity index is 1.45. The third-order valence-electron chi connectivity index (χ3n) is 11.6. The molecule has 0 amide bonds. The summed E-state index contributed by atoms with van der Waals surface area (Å²) >= 11 is 0. The Morgan fingerprint density at radius 2 is 1.52 bits per heavy atom. The predicted octanol–water partition coefficient (Wildman–Crippen LogP) is 9.13. The van der Waals surface area contributed by atoms with Gasteiger partial charge in [0, 0.05) is 0 Å². The van der Waals surface area contributed by atoms with Gasteiger partial charge < -0.3 is 0 Å². The summed E-state index contributed by atoms with van der Waals surface area (Å²) in [6.07, 6.45) is 19.8. The molecule has 0 nitrogen and oxygen atoms in total. The molecule has 4 saturated carbocycles. The fourth-order valence-electron chi connectivity index (χ4n) is 9.74. The normalized spacial score (nSPS) is 48.1. The molecule has 2 unspecified atom stereocenters. The van der Waals surface area contributed by atoms with E-state index in [0.29, 0.717) is 10.8 Å². The van der Waals surface area contributed by atoms with Crippen molar-refractivity contribution in [2.24, 2.45) is 58.2 Å². The van der Waals surface area contributed by atoms with Gasteiger partial charge in [-0.15, -0.1) is 0 Å². The van der Waals surface area contributed by atoms with Crippen LogP contribution >= 0.6 is 0 Å². The van der Waals surface area contributed by atoms with Crippen molar-refractivity contribution in [3.63, 3.8) is 0 Å². The lowest BCUT2D eigenvalue weighted by atomic mass is 9.44. The Bertz CT molecular complexity index is 548. The second kappa shape index (κ2) is 8.50. The highest BCUT2D eigenvalue weighted by Gasteiger charge is 2.60. The molecule has 0 bridgehead atoms. The molecule has 0 saturated heterocycles. The Hall–Kier alpha value is 0. The van der Waals surface area contributed by atoms with Crippen LogP contribution in [0.15, 0.2) is 0 Å². The summed E-state index contributed by atoms with van der Waals surface area (Å²) in [4.78, 5) is 0. The molecule has 0 heteroatoms. The van der Waals surface area contributed by atoms with E-state index in [9.17, 15) is 0 Å². The average molecular weight is 401 g/mol. The van der Waals surface area contributed by atoms with Gasteiger partial charge in [0.2, 0.25) is 0 Å². The van der Waals surface area contributed by atoms with Crippen LogP contribution in [0.3, 0.4) is 0 Å². The molecule has 168 valence electrons. The zero-order chi connectivity index (χ0) is 20.8. The standard InChI is InChI=1S/C29H52/c1-7-22-15-17-28(5)23(19-22)11-12-24-26-14-13-25(21(4)10-8-9-20(2)3)29(26,6)18-16-27(24)28/h20-27H,7-19H2,1-6H3/t21-,22?,23?,24+,25-,26+,27+,28+,29-/m1/s1. The van der Waals surface area contributed by atoms with E-state index in [2.05, 4.69) is 41.5 Å². The van der Waals surface area contributed by atoms with E-state index in [4.69, 9.17) is 0 Å². The molecule has 0 aromatic heterocycles. The Kier molecular flexibility index (Phi) is 6.51. The van der Waals surface area contributed by atoms with Gasteiger partial charge in [-0.2, -0.15) is 0 Å². The molecule has 0 heterocycles. The van der Waals surface area contributed by atoms with Gasteiger partial charge in [0.1, 0.15) is 0 Å². The second-order valence-electron chi connectivity index (χ2n) is 13.2. The average Bonchev–Trinajstić information content (AvgIpc) is 3.04. The summed E-state index contributed by atoms with van der Waals surface area (Å²) in [5.74, 6) is 8.13. The molecule has 9 atom stereocenters. The maximum Gasteiger partial charge on any atom is -0.0264 e. The van der Waals surface area contributed by atoms with E-state index in [-0.39, 0.29) is 0 Å². The minimum absolute atomic E-state index is 0.669. The van der Waals surface area contributed by atoms with Crippen LogP contribution in [0.2, 0.25) is 0 Å². The zero-order valence-corrected chi connectivity index (χ0v) is 20.8. The summed E-state index contributed by atoms with van der Waals surface area (Å²) in [5, 5.41) is 0. The van der Waals surface area contributed by atoms with E-state index >= 15 is 0 Å². The smallest absolute Gasteiger partial charge is 0.0264 e.